The van der Waals surface area contributed by atoms with Crippen LogP contribution in [0.3, 0.4) is 0 Å². The molecule has 0 radical (unpaired) electrons. The van der Waals surface area contributed by atoms with Crippen molar-refractivity contribution in [1.82, 2.24) is 14.9 Å². The van der Waals surface area contributed by atoms with Gasteiger partial charge in [0.25, 0.3) is 0 Å². The SMILES string of the molecule is CCOC1CC(NC(=NC)NCC2CCN(S(C)(=O)=O)CC2)C12CCCC2. The van der Waals surface area contributed by atoms with Crippen molar-refractivity contribution < 1.29 is 13.2 Å². The molecule has 0 amide bonds. The van der Waals surface area contributed by atoms with Crippen LogP contribution in [-0.4, -0.2) is 70.4 Å². The minimum atomic E-state index is -3.05. The van der Waals surface area contributed by atoms with Gasteiger partial charge in [0.15, 0.2) is 5.96 Å². The van der Waals surface area contributed by atoms with Gasteiger partial charge in [0.2, 0.25) is 10.0 Å². The van der Waals surface area contributed by atoms with Crippen LogP contribution in [0, 0.1) is 11.3 Å². The Labute approximate surface area is 164 Å². The molecule has 3 rings (SSSR count). The molecule has 0 aromatic carbocycles. The molecule has 2 N–H and O–H groups in total. The van der Waals surface area contributed by atoms with E-state index < -0.39 is 10.0 Å². The number of hydrogen-bond donors (Lipinski definition) is 2. The summed E-state index contributed by atoms with van der Waals surface area (Å²) in [5.41, 5.74) is 0.286. The van der Waals surface area contributed by atoms with Crippen LogP contribution in [0.4, 0.5) is 0 Å². The number of ether oxygens (including phenoxy) is 1. The number of hydrogen-bond acceptors (Lipinski definition) is 4. The maximum Gasteiger partial charge on any atom is 0.211 e. The molecule has 7 nitrogen and oxygen atoms in total. The van der Waals surface area contributed by atoms with E-state index in [0.717, 1.165) is 38.4 Å². The summed E-state index contributed by atoms with van der Waals surface area (Å²) in [5.74, 6) is 1.35. The van der Waals surface area contributed by atoms with E-state index in [0.29, 0.717) is 31.2 Å². The average Bonchev–Trinajstić information content (AvgIpc) is 3.16. The number of rotatable bonds is 6. The van der Waals surface area contributed by atoms with Gasteiger partial charge < -0.3 is 15.4 Å². The summed E-state index contributed by atoms with van der Waals surface area (Å²) in [5, 5.41) is 7.12. The Morgan fingerprint density at radius 1 is 1.26 bits per heavy atom. The minimum Gasteiger partial charge on any atom is -0.378 e. The maximum atomic E-state index is 11.6. The standard InChI is InChI=1S/C19H36N4O3S/c1-4-26-17-13-16(19(17)9-5-6-10-19)22-18(20-2)21-14-15-7-11-23(12-8-15)27(3,24)25/h15-17H,4-14H2,1-3H3,(H2,20,21,22). The molecule has 156 valence electrons. The smallest absolute Gasteiger partial charge is 0.211 e. The second-order valence-electron chi connectivity index (χ2n) is 8.38. The molecule has 2 unspecified atom stereocenters. The van der Waals surface area contributed by atoms with Crippen LogP contribution in [0.5, 0.6) is 0 Å². The van der Waals surface area contributed by atoms with Gasteiger partial charge in [-0.05, 0) is 44.9 Å². The number of sulfonamides is 1. The van der Waals surface area contributed by atoms with E-state index in [4.69, 9.17) is 4.74 Å². The molecule has 3 fully saturated rings. The Bertz CT molecular complexity index is 623. The fourth-order valence-electron chi connectivity index (χ4n) is 5.13. The van der Waals surface area contributed by atoms with E-state index in [1.165, 1.54) is 31.9 Å². The lowest BCUT2D eigenvalue weighted by atomic mass is 9.60. The van der Waals surface area contributed by atoms with Crippen molar-refractivity contribution in [3.05, 3.63) is 0 Å². The van der Waals surface area contributed by atoms with Gasteiger partial charge in [-0.1, -0.05) is 12.8 Å². The molecule has 2 atom stereocenters. The lowest BCUT2D eigenvalue weighted by Crippen LogP contribution is -2.65. The average molecular weight is 401 g/mol. The Morgan fingerprint density at radius 2 is 1.93 bits per heavy atom. The molecule has 1 heterocycles. The zero-order chi connectivity index (χ0) is 19.5. The molecular formula is C19H36N4O3S. The first-order valence-corrected chi connectivity index (χ1v) is 12.3. The number of piperidine rings is 1. The summed E-state index contributed by atoms with van der Waals surface area (Å²) in [6, 6.07) is 0.440. The molecule has 2 saturated carbocycles. The number of nitrogens with one attached hydrogen (secondary N) is 2. The van der Waals surface area contributed by atoms with Crippen molar-refractivity contribution in [3.63, 3.8) is 0 Å². The van der Waals surface area contributed by atoms with E-state index in [9.17, 15) is 8.42 Å². The van der Waals surface area contributed by atoms with Gasteiger partial charge in [-0.25, -0.2) is 12.7 Å². The van der Waals surface area contributed by atoms with Crippen LogP contribution in [0.25, 0.3) is 0 Å². The number of nitrogens with zero attached hydrogens (tertiary/aromatic N) is 2. The Balaban J connectivity index is 1.47. The minimum absolute atomic E-state index is 0.286. The van der Waals surface area contributed by atoms with Crippen LogP contribution < -0.4 is 10.6 Å². The van der Waals surface area contributed by atoms with Gasteiger partial charge in [-0.15, -0.1) is 0 Å². The van der Waals surface area contributed by atoms with Crippen molar-refractivity contribution in [3.8, 4) is 0 Å². The topological polar surface area (TPSA) is 83.0 Å². The van der Waals surface area contributed by atoms with Gasteiger partial charge in [0, 0.05) is 44.7 Å². The van der Waals surface area contributed by atoms with E-state index in [1.54, 1.807) is 4.31 Å². The third-order valence-electron chi connectivity index (χ3n) is 6.82. The van der Waals surface area contributed by atoms with Crippen LogP contribution in [0.15, 0.2) is 4.99 Å². The fourth-order valence-corrected chi connectivity index (χ4v) is 6.01. The highest BCUT2D eigenvalue weighted by Gasteiger charge is 2.56. The molecule has 2 aliphatic carbocycles. The molecular weight excluding hydrogens is 364 g/mol. The third-order valence-corrected chi connectivity index (χ3v) is 8.13. The summed E-state index contributed by atoms with van der Waals surface area (Å²) < 4.78 is 30.9. The summed E-state index contributed by atoms with van der Waals surface area (Å²) in [7, 11) is -1.23. The predicted octanol–water partition coefficient (Wildman–Crippen LogP) is 1.56. The molecule has 3 aliphatic rings. The van der Waals surface area contributed by atoms with E-state index in [-0.39, 0.29) is 5.41 Å². The highest BCUT2D eigenvalue weighted by molar-refractivity contribution is 7.88. The van der Waals surface area contributed by atoms with Gasteiger partial charge in [-0.3, -0.25) is 4.99 Å². The second-order valence-corrected chi connectivity index (χ2v) is 10.4. The zero-order valence-corrected chi connectivity index (χ0v) is 17.9. The second kappa shape index (κ2) is 8.66. The van der Waals surface area contributed by atoms with Crippen molar-refractivity contribution in [2.75, 3.05) is 39.5 Å². The molecule has 8 heteroatoms. The van der Waals surface area contributed by atoms with Crippen LogP contribution in [-0.2, 0) is 14.8 Å². The van der Waals surface area contributed by atoms with Crippen molar-refractivity contribution in [2.45, 2.75) is 64.0 Å². The van der Waals surface area contributed by atoms with Crippen molar-refractivity contribution in [2.24, 2.45) is 16.3 Å². The monoisotopic (exact) mass is 400 g/mol. The molecule has 0 bridgehead atoms. The summed E-state index contributed by atoms with van der Waals surface area (Å²) >= 11 is 0. The van der Waals surface area contributed by atoms with Gasteiger partial charge in [0.1, 0.15) is 0 Å². The van der Waals surface area contributed by atoms with Crippen molar-refractivity contribution in [1.29, 1.82) is 0 Å². The predicted molar refractivity (Wildman–Crippen MR) is 108 cm³/mol. The Kier molecular flexibility index (Phi) is 6.69. The Morgan fingerprint density at radius 3 is 2.48 bits per heavy atom. The quantitative estimate of drug-likeness (QED) is 0.522. The highest BCUT2D eigenvalue weighted by Crippen LogP contribution is 2.54. The summed E-state index contributed by atoms with van der Waals surface area (Å²) in [4.78, 5) is 4.42. The molecule has 1 aliphatic heterocycles. The van der Waals surface area contributed by atoms with E-state index in [1.807, 2.05) is 7.05 Å². The Hall–Kier alpha value is -0.860. The lowest BCUT2D eigenvalue weighted by molar-refractivity contribution is -0.125. The number of guanidine groups is 1. The highest BCUT2D eigenvalue weighted by atomic mass is 32.2. The van der Waals surface area contributed by atoms with Crippen LogP contribution in [0.1, 0.15) is 51.9 Å². The lowest BCUT2D eigenvalue weighted by Gasteiger charge is -2.54. The van der Waals surface area contributed by atoms with Crippen molar-refractivity contribution >= 4 is 16.0 Å². The largest absolute Gasteiger partial charge is 0.378 e. The zero-order valence-electron chi connectivity index (χ0n) is 17.0. The first-order chi connectivity index (χ1) is 12.9. The number of aliphatic imine (C=N–C) groups is 1. The summed E-state index contributed by atoms with van der Waals surface area (Å²) in [6.45, 7) is 4.96. The molecule has 1 saturated heterocycles. The molecule has 0 aromatic heterocycles. The van der Waals surface area contributed by atoms with Gasteiger partial charge in [-0.2, -0.15) is 0 Å². The fraction of sp³-hybridized carbons (Fsp3) is 0.947. The maximum absolute atomic E-state index is 11.6. The molecule has 0 aromatic rings. The van der Waals surface area contributed by atoms with E-state index in [2.05, 4.69) is 22.5 Å². The van der Waals surface area contributed by atoms with Gasteiger partial charge >= 0.3 is 0 Å². The van der Waals surface area contributed by atoms with Crippen LogP contribution in [0.2, 0.25) is 0 Å². The summed E-state index contributed by atoms with van der Waals surface area (Å²) in [6.07, 6.45) is 9.63. The van der Waals surface area contributed by atoms with Crippen LogP contribution >= 0.6 is 0 Å². The third kappa shape index (κ3) is 4.59. The molecule has 27 heavy (non-hydrogen) atoms. The first kappa shape index (κ1) is 20.9. The normalized spacial score (nSPS) is 29.7. The molecule has 1 spiro atoms. The van der Waals surface area contributed by atoms with Gasteiger partial charge in [0.05, 0.1) is 12.4 Å². The first-order valence-electron chi connectivity index (χ1n) is 10.4. The van der Waals surface area contributed by atoms with E-state index >= 15 is 0 Å².